The first-order valence-electron chi connectivity index (χ1n) is 3.25. The summed E-state index contributed by atoms with van der Waals surface area (Å²) < 4.78 is 12.6. The molecule has 0 aromatic rings. The van der Waals surface area contributed by atoms with Crippen LogP contribution in [0.4, 0.5) is 4.39 Å². The minimum absolute atomic E-state index is 0.0324. The van der Waals surface area contributed by atoms with Gasteiger partial charge in [0.15, 0.2) is 0 Å². The predicted molar refractivity (Wildman–Crippen MR) is 33.2 cm³/mol. The molecule has 0 bridgehead atoms. The second-order valence-electron chi connectivity index (χ2n) is 2.47. The second-order valence-corrected chi connectivity index (χ2v) is 2.47. The molecule has 1 fully saturated rings. The molecule has 1 heterocycles. The Morgan fingerprint density at radius 3 is 2.90 bits per heavy atom. The molecular formula is C6H10FNO2. The normalized spacial score (nSPS) is 34.0. The molecular weight excluding hydrogens is 137 g/mol. The summed E-state index contributed by atoms with van der Waals surface area (Å²) in [5, 5.41) is 8.87. The average molecular weight is 147 g/mol. The summed E-state index contributed by atoms with van der Waals surface area (Å²) in [5.41, 5.74) is 0. The zero-order chi connectivity index (χ0) is 7.56. The van der Waals surface area contributed by atoms with Gasteiger partial charge in [0.25, 0.3) is 0 Å². The van der Waals surface area contributed by atoms with Gasteiger partial charge in [-0.25, -0.2) is 4.39 Å². The third-order valence-electron chi connectivity index (χ3n) is 1.69. The molecule has 0 saturated carbocycles. The van der Waals surface area contributed by atoms with Gasteiger partial charge in [0.1, 0.15) is 6.17 Å². The monoisotopic (exact) mass is 147 g/mol. The number of amides is 1. The molecule has 2 atom stereocenters. The molecule has 10 heavy (non-hydrogen) atoms. The number of likely N-dealkylation sites (tertiary alicyclic amines) is 1. The Bertz CT molecular complexity index is 131. The van der Waals surface area contributed by atoms with Crippen LogP contribution in [-0.2, 0) is 4.79 Å². The van der Waals surface area contributed by atoms with Crippen LogP contribution < -0.4 is 0 Å². The van der Waals surface area contributed by atoms with Gasteiger partial charge in [-0.1, -0.05) is 0 Å². The highest BCUT2D eigenvalue weighted by molar-refractivity contribution is 5.47. The van der Waals surface area contributed by atoms with E-state index in [4.69, 9.17) is 5.11 Å². The highest BCUT2D eigenvalue weighted by atomic mass is 19.1. The third-order valence-corrected chi connectivity index (χ3v) is 1.69. The number of aliphatic hydroxyl groups is 1. The lowest BCUT2D eigenvalue weighted by Crippen LogP contribution is -2.43. The maximum atomic E-state index is 12.6. The number of piperidine rings is 1. The molecule has 1 amide bonds. The standard InChI is InChI=1S/C6H10FNO2/c7-5-3-8(4-9)2-1-6(5)10/h4-6,10H,1-3H2/t5-,6+/m1/s1. The Morgan fingerprint density at radius 2 is 2.40 bits per heavy atom. The van der Waals surface area contributed by atoms with Crippen LogP contribution in [0, 0.1) is 0 Å². The number of hydrogen-bond acceptors (Lipinski definition) is 2. The minimum Gasteiger partial charge on any atom is -0.390 e. The van der Waals surface area contributed by atoms with Gasteiger partial charge < -0.3 is 10.0 Å². The summed E-state index contributed by atoms with van der Waals surface area (Å²) in [5.74, 6) is 0. The molecule has 1 saturated heterocycles. The Labute approximate surface area is 58.4 Å². The molecule has 1 rings (SSSR count). The van der Waals surface area contributed by atoms with E-state index < -0.39 is 12.3 Å². The molecule has 0 aliphatic carbocycles. The Morgan fingerprint density at radius 1 is 1.70 bits per heavy atom. The van der Waals surface area contributed by atoms with Crippen molar-refractivity contribution in [2.75, 3.05) is 13.1 Å². The van der Waals surface area contributed by atoms with Gasteiger partial charge in [-0.2, -0.15) is 0 Å². The summed E-state index contributed by atoms with van der Waals surface area (Å²) in [6, 6.07) is 0. The van der Waals surface area contributed by atoms with Crippen LogP contribution in [0.1, 0.15) is 6.42 Å². The summed E-state index contributed by atoms with van der Waals surface area (Å²) in [6.07, 6.45) is -1.19. The molecule has 3 nitrogen and oxygen atoms in total. The van der Waals surface area contributed by atoms with E-state index in [1.165, 1.54) is 4.90 Å². The first-order valence-corrected chi connectivity index (χ1v) is 3.25. The number of halogens is 1. The fourth-order valence-electron chi connectivity index (χ4n) is 1.01. The van der Waals surface area contributed by atoms with Gasteiger partial charge in [-0.3, -0.25) is 4.79 Å². The van der Waals surface area contributed by atoms with Crippen LogP contribution in [0.2, 0.25) is 0 Å². The van der Waals surface area contributed by atoms with Crippen molar-refractivity contribution in [1.82, 2.24) is 4.90 Å². The van der Waals surface area contributed by atoms with E-state index in [1.54, 1.807) is 0 Å². The summed E-state index contributed by atoms with van der Waals surface area (Å²) in [7, 11) is 0. The van der Waals surface area contributed by atoms with Crippen molar-refractivity contribution in [2.45, 2.75) is 18.7 Å². The van der Waals surface area contributed by atoms with Crippen LogP contribution in [0.25, 0.3) is 0 Å². The molecule has 0 aromatic carbocycles. The van der Waals surface area contributed by atoms with E-state index in [0.717, 1.165) is 0 Å². The van der Waals surface area contributed by atoms with Crippen molar-refractivity contribution < 1.29 is 14.3 Å². The first-order chi connectivity index (χ1) is 4.74. The molecule has 0 unspecified atom stereocenters. The maximum Gasteiger partial charge on any atom is 0.209 e. The van der Waals surface area contributed by atoms with Gasteiger partial charge in [-0.05, 0) is 6.42 Å². The summed E-state index contributed by atoms with van der Waals surface area (Å²) in [4.78, 5) is 11.4. The number of nitrogens with zero attached hydrogens (tertiary/aromatic N) is 1. The average Bonchev–Trinajstić information content (AvgIpc) is 1.95. The summed E-state index contributed by atoms with van der Waals surface area (Å²) >= 11 is 0. The number of rotatable bonds is 1. The van der Waals surface area contributed by atoms with Gasteiger partial charge >= 0.3 is 0 Å². The quantitative estimate of drug-likeness (QED) is 0.510. The largest absolute Gasteiger partial charge is 0.390 e. The molecule has 0 aromatic heterocycles. The van der Waals surface area contributed by atoms with E-state index in [1.807, 2.05) is 0 Å². The smallest absolute Gasteiger partial charge is 0.209 e. The fraction of sp³-hybridized carbons (Fsp3) is 0.833. The minimum atomic E-state index is -1.26. The van der Waals surface area contributed by atoms with Crippen molar-refractivity contribution in [3.63, 3.8) is 0 Å². The van der Waals surface area contributed by atoms with Gasteiger partial charge in [0.05, 0.1) is 12.6 Å². The number of carbonyl (C=O) groups excluding carboxylic acids is 1. The number of alkyl halides is 1. The Kier molecular flexibility index (Phi) is 2.21. The molecule has 0 spiro atoms. The van der Waals surface area contributed by atoms with Gasteiger partial charge in [0, 0.05) is 6.54 Å². The predicted octanol–water partition coefficient (Wildman–Crippen LogP) is -0.452. The van der Waals surface area contributed by atoms with Gasteiger partial charge in [-0.15, -0.1) is 0 Å². The van der Waals surface area contributed by atoms with E-state index in [-0.39, 0.29) is 6.54 Å². The topological polar surface area (TPSA) is 40.5 Å². The number of hydrogen-bond donors (Lipinski definition) is 1. The zero-order valence-electron chi connectivity index (χ0n) is 5.53. The number of carbonyl (C=O) groups is 1. The van der Waals surface area contributed by atoms with E-state index in [9.17, 15) is 9.18 Å². The van der Waals surface area contributed by atoms with Crippen LogP contribution in [0.15, 0.2) is 0 Å². The second kappa shape index (κ2) is 2.96. The highest BCUT2D eigenvalue weighted by Gasteiger charge is 2.26. The fourth-order valence-corrected chi connectivity index (χ4v) is 1.01. The lowest BCUT2D eigenvalue weighted by atomic mass is 10.1. The van der Waals surface area contributed by atoms with Crippen molar-refractivity contribution >= 4 is 6.41 Å². The van der Waals surface area contributed by atoms with Crippen LogP contribution in [0.3, 0.4) is 0 Å². The van der Waals surface area contributed by atoms with Crippen molar-refractivity contribution in [3.05, 3.63) is 0 Å². The van der Waals surface area contributed by atoms with Crippen LogP contribution in [-0.4, -0.2) is 41.8 Å². The molecule has 1 N–H and O–H groups in total. The van der Waals surface area contributed by atoms with Crippen molar-refractivity contribution in [1.29, 1.82) is 0 Å². The van der Waals surface area contributed by atoms with Gasteiger partial charge in [0.2, 0.25) is 6.41 Å². The van der Waals surface area contributed by atoms with Crippen LogP contribution in [0.5, 0.6) is 0 Å². The molecule has 1 aliphatic rings. The van der Waals surface area contributed by atoms with E-state index in [0.29, 0.717) is 19.4 Å². The molecule has 0 radical (unpaired) electrons. The lowest BCUT2D eigenvalue weighted by molar-refractivity contribution is -0.122. The third kappa shape index (κ3) is 1.44. The van der Waals surface area contributed by atoms with Crippen molar-refractivity contribution in [3.8, 4) is 0 Å². The van der Waals surface area contributed by atoms with Crippen molar-refractivity contribution in [2.24, 2.45) is 0 Å². The SMILES string of the molecule is O=CN1CC[C@H](O)[C@H](F)C1. The highest BCUT2D eigenvalue weighted by Crippen LogP contribution is 2.11. The Hall–Kier alpha value is -0.640. The molecule has 1 aliphatic heterocycles. The summed E-state index contributed by atoms with van der Waals surface area (Å²) in [6.45, 7) is 0.496. The van der Waals surface area contributed by atoms with E-state index in [2.05, 4.69) is 0 Å². The van der Waals surface area contributed by atoms with E-state index >= 15 is 0 Å². The zero-order valence-corrected chi connectivity index (χ0v) is 5.53. The molecule has 58 valence electrons. The molecule has 4 heteroatoms. The number of aliphatic hydroxyl groups excluding tert-OH is 1. The maximum absolute atomic E-state index is 12.6. The first kappa shape index (κ1) is 7.47. The van der Waals surface area contributed by atoms with Crippen LogP contribution >= 0.6 is 0 Å². The lowest BCUT2D eigenvalue weighted by Gasteiger charge is -2.28. The Balaban J connectivity index is 2.40.